The molecule has 0 atom stereocenters. The Morgan fingerprint density at radius 2 is 1.90 bits per heavy atom. The van der Waals surface area contributed by atoms with Crippen LogP contribution in [0.1, 0.15) is 52.0 Å². The summed E-state index contributed by atoms with van der Waals surface area (Å²) in [5.41, 5.74) is 6.74. The minimum atomic E-state index is -3.56. The van der Waals surface area contributed by atoms with Crippen LogP contribution in [0, 0.1) is 12.3 Å². The molecule has 0 bridgehead atoms. The highest BCUT2D eigenvalue weighted by atomic mass is 32.2. The molecule has 0 radical (unpaired) electrons. The van der Waals surface area contributed by atoms with Crippen molar-refractivity contribution in [2.45, 2.75) is 58.3 Å². The van der Waals surface area contributed by atoms with Gasteiger partial charge in [-0.25, -0.2) is 13.1 Å². The molecule has 0 unspecified atom stereocenters. The molecule has 0 fully saturated rings. The van der Waals surface area contributed by atoms with Crippen LogP contribution in [0.2, 0.25) is 0 Å². The van der Waals surface area contributed by atoms with Crippen molar-refractivity contribution in [3.63, 3.8) is 0 Å². The molecular weight excluding hydrogens is 284 g/mol. The zero-order valence-electron chi connectivity index (χ0n) is 13.6. The lowest BCUT2D eigenvalue weighted by molar-refractivity contribution is 0.320. The number of unbranched alkanes of at least 4 members (excludes halogenated alkanes) is 2. The number of sulfonamides is 1. The number of benzene rings is 1. The standard InChI is InChI=1S/C16H28N2O2S/c1-5-6-7-11-16(3,4)12-18-21(19,20)15-13(2)9-8-10-14(15)17/h8-10,18H,5-7,11-12,17H2,1-4H3. The normalized spacial score (nSPS) is 12.6. The van der Waals surface area contributed by atoms with Crippen molar-refractivity contribution in [3.05, 3.63) is 23.8 Å². The van der Waals surface area contributed by atoms with Crippen LogP contribution in [0.3, 0.4) is 0 Å². The van der Waals surface area contributed by atoms with Crippen molar-refractivity contribution in [2.24, 2.45) is 5.41 Å². The molecule has 1 aromatic carbocycles. The summed E-state index contributed by atoms with van der Waals surface area (Å²) in [7, 11) is -3.56. The van der Waals surface area contributed by atoms with E-state index in [0.29, 0.717) is 17.8 Å². The molecular formula is C16H28N2O2S. The van der Waals surface area contributed by atoms with E-state index in [1.807, 2.05) is 0 Å². The minimum Gasteiger partial charge on any atom is -0.398 e. The van der Waals surface area contributed by atoms with Crippen molar-refractivity contribution in [1.29, 1.82) is 0 Å². The van der Waals surface area contributed by atoms with E-state index in [4.69, 9.17) is 5.73 Å². The van der Waals surface area contributed by atoms with Gasteiger partial charge in [0.2, 0.25) is 10.0 Å². The second kappa shape index (κ2) is 7.27. The second-order valence-corrected chi connectivity index (χ2v) is 8.14. The number of anilines is 1. The fourth-order valence-electron chi connectivity index (χ4n) is 2.35. The fraction of sp³-hybridized carbons (Fsp3) is 0.625. The molecule has 0 amide bonds. The Balaban J connectivity index is 2.78. The van der Waals surface area contributed by atoms with E-state index in [1.165, 1.54) is 12.8 Å². The highest BCUT2D eigenvalue weighted by Gasteiger charge is 2.24. The number of rotatable bonds is 8. The summed E-state index contributed by atoms with van der Waals surface area (Å²) in [5, 5.41) is 0. The van der Waals surface area contributed by atoms with Gasteiger partial charge in [0.1, 0.15) is 4.90 Å². The molecule has 0 aliphatic rings. The molecule has 120 valence electrons. The number of aryl methyl sites for hydroxylation is 1. The molecule has 0 saturated carbocycles. The molecule has 0 spiro atoms. The largest absolute Gasteiger partial charge is 0.398 e. The van der Waals surface area contributed by atoms with Gasteiger partial charge in [-0.3, -0.25) is 0 Å². The van der Waals surface area contributed by atoms with E-state index in [-0.39, 0.29) is 10.3 Å². The molecule has 3 N–H and O–H groups in total. The highest BCUT2D eigenvalue weighted by Crippen LogP contribution is 2.26. The van der Waals surface area contributed by atoms with Crippen molar-refractivity contribution in [2.75, 3.05) is 12.3 Å². The summed E-state index contributed by atoms with van der Waals surface area (Å²) >= 11 is 0. The third-order valence-corrected chi connectivity index (χ3v) is 5.33. The van der Waals surface area contributed by atoms with E-state index < -0.39 is 10.0 Å². The van der Waals surface area contributed by atoms with Gasteiger partial charge in [-0.2, -0.15) is 0 Å². The molecule has 1 rings (SSSR count). The third kappa shape index (κ3) is 5.32. The first-order chi connectivity index (χ1) is 9.69. The first-order valence-electron chi connectivity index (χ1n) is 7.54. The summed E-state index contributed by atoms with van der Waals surface area (Å²) in [6.45, 7) is 8.53. The summed E-state index contributed by atoms with van der Waals surface area (Å²) in [6.07, 6.45) is 4.48. The number of hydrogen-bond acceptors (Lipinski definition) is 3. The summed E-state index contributed by atoms with van der Waals surface area (Å²) in [5.74, 6) is 0. The lowest BCUT2D eigenvalue weighted by Crippen LogP contribution is -2.34. The van der Waals surface area contributed by atoms with E-state index in [9.17, 15) is 8.42 Å². The lowest BCUT2D eigenvalue weighted by atomic mass is 9.87. The first kappa shape index (κ1) is 18.0. The van der Waals surface area contributed by atoms with Gasteiger partial charge in [-0.05, 0) is 30.4 Å². The Bertz CT molecular complexity index is 545. The number of nitrogens with two attached hydrogens (primary N) is 1. The van der Waals surface area contributed by atoms with Gasteiger partial charge in [-0.15, -0.1) is 0 Å². The summed E-state index contributed by atoms with van der Waals surface area (Å²) in [4.78, 5) is 0.203. The topological polar surface area (TPSA) is 72.2 Å². The average Bonchev–Trinajstić information content (AvgIpc) is 2.36. The second-order valence-electron chi connectivity index (χ2n) is 6.44. The predicted octanol–water partition coefficient (Wildman–Crippen LogP) is 3.46. The van der Waals surface area contributed by atoms with Crippen molar-refractivity contribution >= 4 is 15.7 Å². The average molecular weight is 312 g/mol. The van der Waals surface area contributed by atoms with E-state index in [1.54, 1.807) is 25.1 Å². The predicted molar refractivity (Wildman–Crippen MR) is 88.7 cm³/mol. The molecule has 1 aromatic rings. The van der Waals surface area contributed by atoms with Gasteiger partial charge in [0.05, 0.1) is 5.69 Å². The maximum absolute atomic E-state index is 12.5. The van der Waals surface area contributed by atoms with E-state index >= 15 is 0 Å². The first-order valence-corrected chi connectivity index (χ1v) is 9.03. The van der Waals surface area contributed by atoms with Crippen molar-refractivity contribution in [3.8, 4) is 0 Å². The number of nitrogen functional groups attached to an aromatic ring is 1. The van der Waals surface area contributed by atoms with Gasteiger partial charge >= 0.3 is 0 Å². The minimum absolute atomic E-state index is 0.0559. The highest BCUT2D eigenvalue weighted by molar-refractivity contribution is 7.89. The van der Waals surface area contributed by atoms with Gasteiger partial charge in [-0.1, -0.05) is 52.2 Å². The number of nitrogens with one attached hydrogen (secondary N) is 1. The smallest absolute Gasteiger partial charge is 0.242 e. The van der Waals surface area contributed by atoms with E-state index in [2.05, 4.69) is 25.5 Å². The third-order valence-electron chi connectivity index (χ3n) is 3.71. The van der Waals surface area contributed by atoms with Crippen LogP contribution < -0.4 is 10.5 Å². The molecule has 0 aromatic heterocycles. The SMILES string of the molecule is CCCCCC(C)(C)CNS(=O)(=O)c1c(C)cccc1N. The Kier molecular flexibility index (Phi) is 6.23. The molecule has 0 aliphatic carbocycles. The monoisotopic (exact) mass is 312 g/mol. The zero-order chi connectivity index (χ0) is 16.1. The molecule has 4 nitrogen and oxygen atoms in total. The van der Waals surface area contributed by atoms with Crippen LogP contribution in [0.25, 0.3) is 0 Å². The van der Waals surface area contributed by atoms with Crippen LogP contribution in [0.5, 0.6) is 0 Å². The Morgan fingerprint density at radius 1 is 1.24 bits per heavy atom. The maximum Gasteiger partial charge on any atom is 0.242 e. The van der Waals surface area contributed by atoms with Crippen molar-refractivity contribution in [1.82, 2.24) is 4.72 Å². The molecule has 21 heavy (non-hydrogen) atoms. The lowest BCUT2D eigenvalue weighted by Gasteiger charge is -2.25. The Morgan fingerprint density at radius 3 is 2.48 bits per heavy atom. The Hall–Kier alpha value is -1.07. The van der Waals surface area contributed by atoms with E-state index in [0.717, 1.165) is 12.8 Å². The van der Waals surface area contributed by atoms with Gasteiger partial charge < -0.3 is 5.73 Å². The molecule has 0 heterocycles. The van der Waals surface area contributed by atoms with Crippen LogP contribution in [-0.2, 0) is 10.0 Å². The summed E-state index contributed by atoms with van der Waals surface area (Å²) < 4.78 is 27.6. The maximum atomic E-state index is 12.5. The van der Waals surface area contributed by atoms with Crippen LogP contribution in [0.15, 0.2) is 23.1 Å². The zero-order valence-corrected chi connectivity index (χ0v) is 14.4. The van der Waals surface area contributed by atoms with Gasteiger partial charge in [0, 0.05) is 6.54 Å². The van der Waals surface area contributed by atoms with Crippen LogP contribution in [-0.4, -0.2) is 15.0 Å². The number of hydrogen-bond donors (Lipinski definition) is 2. The van der Waals surface area contributed by atoms with Crippen LogP contribution >= 0.6 is 0 Å². The molecule has 0 saturated heterocycles. The summed E-state index contributed by atoms with van der Waals surface area (Å²) in [6, 6.07) is 5.14. The molecule has 0 aliphatic heterocycles. The molecule has 5 heteroatoms. The quantitative estimate of drug-likeness (QED) is 0.570. The van der Waals surface area contributed by atoms with Crippen molar-refractivity contribution < 1.29 is 8.42 Å². The Labute approximate surface area is 129 Å². The van der Waals surface area contributed by atoms with Gasteiger partial charge in [0.15, 0.2) is 0 Å². The fourth-order valence-corrected chi connectivity index (χ4v) is 3.94. The van der Waals surface area contributed by atoms with Crippen LogP contribution in [0.4, 0.5) is 5.69 Å². The van der Waals surface area contributed by atoms with Gasteiger partial charge in [0.25, 0.3) is 0 Å².